The molecule has 1 aliphatic heterocycles. The molecule has 3 aromatic rings. The third kappa shape index (κ3) is 4.60. The van der Waals surface area contributed by atoms with E-state index < -0.39 is 27.9 Å². The number of urea groups is 1. The fourth-order valence-electron chi connectivity index (χ4n) is 3.29. The molecule has 1 saturated heterocycles. The number of hydrogen-bond donors (Lipinski definition) is 2. The molecule has 4 amide bonds. The molecule has 0 bridgehead atoms. The zero-order chi connectivity index (χ0) is 24.5. The molecule has 1 fully saturated rings. The van der Waals surface area contributed by atoms with Crippen LogP contribution in [-0.4, -0.2) is 32.9 Å². The Morgan fingerprint density at radius 3 is 2.29 bits per heavy atom. The van der Waals surface area contributed by atoms with E-state index in [0.29, 0.717) is 23.7 Å². The maximum Gasteiger partial charge on any atom is 0.335 e. The highest BCUT2D eigenvalue weighted by atomic mass is 32.2. The Kier molecular flexibility index (Phi) is 6.05. The number of benzene rings is 2. The van der Waals surface area contributed by atoms with Gasteiger partial charge in [-0.1, -0.05) is 0 Å². The number of rotatable bonds is 6. The summed E-state index contributed by atoms with van der Waals surface area (Å²) < 4.78 is 33.9. The molecule has 0 atom stereocenters. The second-order valence-corrected chi connectivity index (χ2v) is 8.72. The van der Waals surface area contributed by atoms with Crippen LogP contribution in [0.15, 0.2) is 75.5 Å². The van der Waals surface area contributed by atoms with Crippen molar-refractivity contribution in [3.63, 3.8) is 0 Å². The molecule has 0 aliphatic carbocycles. The number of barbiturate groups is 1. The van der Waals surface area contributed by atoms with Gasteiger partial charge in [0.2, 0.25) is 10.0 Å². The number of sulfonamides is 1. The van der Waals surface area contributed by atoms with Gasteiger partial charge in [-0.05, 0) is 73.7 Å². The van der Waals surface area contributed by atoms with Crippen molar-refractivity contribution >= 4 is 39.6 Å². The average Bonchev–Trinajstić information content (AvgIpc) is 3.26. The van der Waals surface area contributed by atoms with Crippen LogP contribution in [0.3, 0.4) is 0 Å². The zero-order valence-electron chi connectivity index (χ0n) is 17.8. The van der Waals surface area contributed by atoms with Gasteiger partial charge in [0.15, 0.2) is 0 Å². The first kappa shape index (κ1) is 23.0. The lowest BCUT2D eigenvalue weighted by Gasteiger charge is -2.26. The fraction of sp³-hybridized carbons (Fsp3) is 0.0870. The molecular formula is C23H19N3O7S. The van der Waals surface area contributed by atoms with Crippen molar-refractivity contribution in [1.82, 2.24) is 5.32 Å². The minimum absolute atomic E-state index is 0.0475. The first-order chi connectivity index (χ1) is 16.2. The summed E-state index contributed by atoms with van der Waals surface area (Å²) in [6.45, 7) is 2.29. The van der Waals surface area contributed by atoms with Crippen LogP contribution in [0.2, 0.25) is 0 Å². The first-order valence-corrected chi connectivity index (χ1v) is 11.6. The number of nitrogens with two attached hydrogens (primary N) is 1. The van der Waals surface area contributed by atoms with Crippen molar-refractivity contribution < 1.29 is 32.0 Å². The van der Waals surface area contributed by atoms with Gasteiger partial charge in [0.05, 0.1) is 17.2 Å². The highest BCUT2D eigenvalue weighted by Crippen LogP contribution is 2.27. The highest BCUT2D eigenvalue weighted by Gasteiger charge is 2.37. The predicted molar refractivity (Wildman–Crippen MR) is 122 cm³/mol. The van der Waals surface area contributed by atoms with Gasteiger partial charge in [0.1, 0.15) is 22.8 Å². The van der Waals surface area contributed by atoms with Crippen LogP contribution < -0.4 is 20.1 Å². The van der Waals surface area contributed by atoms with E-state index in [2.05, 4.69) is 5.32 Å². The van der Waals surface area contributed by atoms with Gasteiger partial charge in [-0.15, -0.1) is 0 Å². The quantitative estimate of drug-likeness (QED) is 0.406. The first-order valence-electron chi connectivity index (χ1n) is 10.0. The number of primary sulfonamides is 1. The number of carbonyl (C=O) groups is 3. The Morgan fingerprint density at radius 2 is 1.68 bits per heavy atom. The number of imide groups is 2. The van der Waals surface area contributed by atoms with E-state index in [0.717, 1.165) is 4.90 Å². The van der Waals surface area contributed by atoms with Crippen LogP contribution in [0.5, 0.6) is 5.75 Å². The average molecular weight is 481 g/mol. The summed E-state index contributed by atoms with van der Waals surface area (Å²) in [4.78, 5) is 38.5. The molecule has 11 heteroatoms. The number of amides is 4. The van der Waals surface area contributed by atoms with Gasteiger partial charge in [-0.25, -0.2) is 23.3 Å². The zero-order valence-corrected chi connectivity index (χ0v) is 18.7. The molecule has 0 unspecified atom stereocenters. The molecule has 0 spiro atoms. The number of nitrogens with one attached hydrogen (secondary N) is 1. The summed E-state index contributed by atoms with van der Waals surface area (Å²) in [5.74, 6) is -0.537. The minimum Gasteiger partial charge on any atom is -0.494 e. The molecule has 2 heterocycles. The summed E-state index contributed by atoms with van der Waals surface area (Å²) in [5.41, 5.74) is 0.529. The van der Waals surface area contributed by atoms with Crippen LogP contribution in [0.1, 0.15) is 12.7 Å². The van der Waals surface area contributed by atoms with Crippen LogP contribution in [0.4, 0.5) is 10.5 Å². The highest BCUT2D eigenvalue weighted by molar-refractivity contribution is 7.89. The lowest BCUT2D eigenvalue weighted by atomic mass is 10.1. The monoisotopic (exact) mass is 481 g/mol. The smallest absolute Gasteiger partial charge is 0.335 e. The van der Waals surface area contributed by atoms with Crippen molar-refractivity contribution in [1.29, 1.82) is 0 Å². The van der Waals surface area contributed by atoms with E-state index in [4.69, 9.17) is 14.3 Å². The largest absolute Gasteiger partial charge is 0.494 e. The number of carbonyl (C=O) groups excluding carboxylic acids is 3. The number of nitrogens with zero attached hydrogens (tertiary/aromatic N) is 1. The van der Waals surface area contributed by atoms with Gasteiger partial charge in [-0.2, -0.15) is 0 Å². The van der Waals surface area contributed by atoms with Crippen LogP contribution >= 0.6 is 0 Å². The Balaban J connectivity index is 1.61. The van der Waals surface area contributed by atoms with Gasteiger partial charge in [-0.3, -0.25) is 14.9 Å². The van der Waals surface area contributed by atoms with Gasteiger partial charge in [0.25, 0.3) is 11.8 Å². The van der Waals surface area contributed by atoms with Gasteiger partial charge < -0.3 is 9.15 Å². The van der Waals surface area contributed by atoms with Gasteiger partial charge >= 0.3 is 6.03 Å². The number of anilines is 1. The molecule has 0 radical (unpaired) electrons. The lowest BCUT2D eigenvalue weighted by Crippen LogP contribution is -2.54. The van der Waals surface area contributed by atoms with Crippen molar-refractivity contribution in [2.24, 2.45) is 5.14 Å². The molecule has 2 aromatic carbocycles. The van der Waals surface area contributed by atoms with E-state index in [1.165, 1.54) is 48.5 Å². The maximum atomic E-state index is 13.0. The Bertz CT molecular complexity index is 1410. The maximum absolute atomic E-state index is 13.0. The molecular weight excluding hydrogens is 462 g/mol. The number of hydrogen-bond acceptors (Lipinski definition) is 7. The summed E-state index contributed by atoms with van der Waals surface area (Å²) >= 11 is 0. The molecule has 0 saturated carbocycles. The molecule has 3 N–H and O–H groups in total. The van der Waals surface area contributed by atoms with E-state index in [1.54, 1.807) is 18.2 Å². The Hall–Kier alpha value is -4.22. The van der Waals surface area contributed by atoms with Crippen LogP contribution in [0.25, 0.3) is 17.4 Å². The summed E-state index contributed by atoms with van der Waals surface area (Å²) in [7, 11) is -3.83. The third-order valence-electron chi connectivity index (χ3n) is 4.89. The van der Waals surface area contributed by atoms with E-state index >= 15 is 0 Å². The van der Waals surface area contributed by atoms with Crippen LogP contribution in [-0.2, 0) is 19.6 Å². The summed E-state index contributed by atoms with van der Waals surface area (Å²) in [6.07, 6.45) is 1.23. The lowest BCUT2D eigenvalue weighted by molar-refractivity contribution is -0.122. The molecule has 1 aromatic heterocycles. The Morgan fingerprint density at radius 1 is 1.00 bits per heavy atom. The van der Waals surface area contributed by atoms with Crippen molar-refractivity contribution in [2.75, 3.05) is 11.5 Å². The molecule has 34 heavy (non-hydrogen) atoms. The fourth-order valence-corrected chi connectivity index (χ4v) is 3.80. The SMILES string of the molecule is CCOc1ccc(N2C(=O)NC(=O)C(=Cc3ccc(-c4ccc(S(N)(=O)=O)cc4)o3)C2=O)cc1. The molecule has 4 rings (SSSR count). The molecule has 10 nitrogen and oxygen atoms in total. The third-order valence-corrected chi connectivity index (χ3v) is 5.82. The Labute approximate surface area is 194 Å². The standard InChI is InChI=1S/C23H19N3O7S/c1-2-32-16-7-5-15(6-8-16)26-22(28)19(21(27)25-23(26)29)13-17-9-12-20(33-17)14-3-10-18(11-4-14)34(24,30)31/h3-13H,2H2,1H3,(H2,24,30,31)(H,25,27,29). The van der Waals surface area contributed by atoms with Gasteiger partial charge in [0, 0.05) is 5.56 Å². The normalized spacial score (nSPS) is 15.5. The van der Waals surface area contributed by atoms with E-state index in [1.807, 2.05) is 6.92 Å². The molecule has 174 valence electrons. The van der Waals surface area contributed by atoms with Crippen LogP contribution in [0, 0.1) is 0 Å². The summed E-state index contributed by atoms with van der Waals surface area (Å²) in [6, 6.07) is 14.3. The van der Waals surface area contributed by atoms with E-state index in [9.17, 15) is 22.8 Å². The van der Waals surface area contributed by atoms with Crippen molar-refractivity contribution in [3.8, 4) is 17.1 Å². The summed E-state index contributed by atoms with van der Waals surface area (Å²) in [5, 5.41) is 7.25. The minimum atomic E-state index is -3.83. The van der Waals surface area contributed by atoms with Crippen molar-refractivity contribution in [3.05, 3.63) is 72.0 Å². The van der Waals surface area contributed by atoms with Crippen molar-refractivity contribution in [2.45, 2.75) is 11.8 Å². The second kappa shape index (κ2) is 8.96. The number of ether oxygens (including phenoxy) is 1. The second-order valence-electron chi connectivity index (χ2n) is 7.16. The molecule has 1 aliphatic rings. The topological polar surface area (TPSA) is 149 Å². The number of furan rings is 1. The van der Waals surface area contributed by atoms with E-state index in [-0.39, 0.29) is 21.9 Å². The predicted octanol–water partition coefficient (Wildman–Crippen LogP) is 2.66.